The van der Waals surface area contributed by atoms with E-state index in [0.717, 1.165) is 49.2 Å². The number of fused-ring (bicyclic) bond motifs is 1. The molecule has 0 aliphatic carbocycles. The Morgan fingerprint density at radius 2 is 2.24 bits per heavy atom. The first-order valence-electron chi connectivity index (χ1n) is 8.82. The predicted molar refractivity (Wildman–Crippen MR) is 93.7 cm³/mol. The number of nitrogens with one attached hydrogen (secondary N) is 1. The maximum atomic E-state index is 12.5. The van der Waals surface area contributed by atoms with E-state index in [1.807, 2.05) is 29.2 Å². The Kier molecular flexibility index (Phi) is 4.45. The molecule has 7 heteroatoms. The first-order valence-corrected chi connectivity index (χ1v) is 8.82. The fourth-order valence-electron chi connectivity index (χ4n) is 3.55. The van der Waals surface area contributed by atoms with Crippen LogP contribution in [0.2, 0.25) is 0 Å². The third-order valence-electron chi connectivity index (χ3n) is 4.81. The Morgan fingerprint density at radius 1 is 1.32 bits per heavy atom. The molecular formula is C18H22N6O. The van der Waals surface area contributed by atoms with Gasteiger partial charge in [-0.15, -0.1) is 0 Å². The van der Waals surface area contributed by atoms with E-state index < -0.39 is 0 Å². The van der Waals surface area contributed by atoms with Crippen molar-refractivity contribution >= 4 is 16.9 Å². The Labute approximate surface area is 146 Å². The van der Waals surface area contributed by atoms with Gasteiger partial charge in [-0.05, 0) is 30.9 Å². The molecule has 1 atom stereocenters. The fraction of sp³-hybridized carbons (Fsp3) is 0.444. The summed E-state index contributed by atoms with van der Waals surface area (Å²) in [6.07, 6.45) is 6.70. The van der Waals surface area contributed by atoms with Gasteiger partial charge in [-0.3, -0.25) is 9.48 Å². The van der Waals surface area contributed by atoms with Crippen LogP contribution in [0.3, 0.4) is 0 Å². The van der Waals surface area contributed by atoms with Crippen LogP contribution in [0, 0.1) is 5.92 Å². The second kappa shape index (κ2) is 7.04. The summed E-state index contributed by atoms with van der Waals surface area (Å²) in [6.45, 7) is 2.25. The summed E-state index contributed by atoms with van der Waals surface area (Å²) in [6, 6.07) is 8.09. The standard InChI is InChI=1S/C18H22N6O/c25-18(7-9-24-13-19-12-20-24)23-8-3-4-14(11-23)10-17-21-15-5-1-2-6-16(15)22-17/h1-2,5-6,12-14H,3-4,7-11H2,(H,21,22)/t14-/m1/s1. The maximum Gasteiger partial charge on any atom is 0.224 e. The van der Waals surface area contributed by atoms with Crippen LogP contribution in [0.1, 0.15) is 25.1 Å². The molecule has 0 bridgehead atoms. The van der Waals surface area contributed by atoms with Gasteiger partial charge in [0, 0.05) is 25.9 Å². The molecule has 0 spiro atoms. The molecule has 1 amide bonds. The summed E-state index contributed by atoms with van der Waals surface area (Å²) in [4.78, 5) is 26.4. The summed E-state index contributed by atoms with van der Waals surface area (Å²) in [5, 5.41) is 4.05. The minimum atomic E-state index is 0.199. The molecular weight excluding hydrogens is 316 g/mol. The second-order valence-corrected chi connectivity index (χ2v) is 6.66. The highest BCUT2D eigenvalue weighted by Crippen LogP contribution is 2.22. The van der Waals surface area contributed by atoms with Crippen molar-refractivity contribution in [2.75, 3.05) is 13.1 Å². The number of likely N-dealkylation sites (tertiary alicyclic amines) is 1. The van der Waals surface area contributed by atoms with Gasteiger partial charge in [0.1, 0.15) is 18.5 Å². The Morgan fingerprint density at radius 3 is 3.08 bits per heavy atom. The number of hydrogen-bond acceptors (Lipinski definition) is 4. The molecule has 3 aromatic rings. The molecule has 1 fully saturated rings. The third-order valence-corrected chi connectivity index (χ3v) is 4.81. The number of aromatic nitrogens is 5. The van der Waals surface area contributed by atoms with Crippen LogP contribution in [0.15, 0.2) is 36.9 Å². The van der Waals surface area contributed by atoms with Crippen LogP contribution < -0.4 is 0 Å². The highest BCUT2D eigenvalue weighted by Gasteiger charge is 2.24. The number of carbonyl (C=O) groups is 1. The van der Waals surface area contributed by atoms with Crippen LogP contribution in [0.5, 0.6) is 0 Å². The van der Waals surface area contributed by atoms with Gasteiger partial charge in [-0.2, -0.15) is 5.10 Å². The number of imidazole rings is 1. The molecule has 7 nitrogen and oxygen atoms in total. The lowest BCUT2D eigenvalue weighted by molar-refractivity contribution is -0.133. The zero-order chi connectivity index (χ0) is 17.1. The van der Waals surface area contributed by atoms with Crippen molar-refractivity contribution in [1.29, 1.82) is 0 Å². The van der Waals surface area contributed by atoms with Gasteiger partial charge in [0.25, 0.3) is 0 Å². The Bertz CT molecular complexity index is 807. The number of piperidine rings is 1. The molecule has 1 aliphatic rings. The number of para-hydroxylation sites is 2. The van der Waals surface area contributed by atoms with Gasteiger partial charge in [0.05, 0.1) is 17.6 Å². The van der Waals surface area contributed by atoms with E-state index in [4.69, 9.17) is 0 Å². The third kappa shape index (κ3) is 3.70. The number of hydrogen-bond donors (Lipinski definition) is 1. The number of amides is 1. The predicted octanol–water partition coefficient (Wildman–Crippen LogP) is 2.03. The zero-order valence-corrected chi connectivity index (χ0v) is 14.1. The minimum absolute atomic E-state index is 0.199. The molecule has 3 heterocycles. The number of nitrogens with zero attached hydrogens (tertiary/aromatic N) is 5. The van der Waals surface area contributed by atoms with Crippen LogP contribution in [-0.2, 0) is 17.8 Å². The lowest BCUT2D eigenvalue weighted by Gasteiger charge is -2.32. The summed E-state index contributed by atoms with van der Waals surface area (Å²) in [5.74, 6) is 1.68. The largest absolute Gasteiger partial charge is 0.342 e. The molecule has 1 aliphatic heterocycles. The van der Waals surface area contributed by atoms with Crippen molar-refractivity contribution < 1.29 is 4.79 Å². The average Bonchev–Trinajstić information content (AvgIpc) is 3.28. The smallest absolute Gasteiger partial charge is 0.224 e. The molecule has 130 valence electrons. The molecule has 0 saturated carbocycles. The van der Waals surface area contributed by atoms with Gasteiger partial charge in [-0.1, -0.05) is 12.1 Å². The lowest BCUT2D eigenvalue weighted by atomic mass is 9.94. The van der Waals surface area contributed by atoms with E-state index in [2.05, 4.69) is 20.1 Å². The van der Waals surface area contributed by atoms with Crippen LogP contribution in [0.4, 0.5) is 0 Å². The number of carbonyl (C=O) groups excluding carboxylic acids is 1. The number of aromatic amines is 1. The quantitative estimate of drug-likeness (QED) is 0.772. The number of aryl methyl sites for hydroxylation is 1. The van der Waals surface area contributed by atoms with Crippen LogP contribution >= 0.6 is 0 Å². The summed E-state index contributed by atoms with van der Waals surface area (Å²) in [7, 11) is 0. The van der Waals surface area contributed by atoms with Crippen molar-refractivity contribution in [1.82, 2.24) is 29.6 Å². The molecule has 25 heavy (non-hydrogen) atoms. The summed E-state index contributed by atoms with van der Waals surface area (Å²) in [5.41, 5.74) is 2.09. The van der Waals surface area contributed by atoms with Crippen LogP contribution in [-0.4, -0.2) is 48.6 Å². The lowest BCUT2D eigenvalue weighted by Crippen LogP contribution is -2.40. The van der Waals surface area contributed by atoms with E-state index in [0.29, 0.717) is 18.9 Å². The SMILES string of the molecule is O=C(CCn1cncn1)N1CCC[C@H](Cc2nc3ccccc3[nH]2)C1. The summed E-state index contributed by atoms with van der Waals surface area (Å²) >= 11 is 0. The number of benzene rings is 1. The van der Waals surface area contributed by atoms with Crippen molar-refractivity contribution in [2.24, 2.45) is 5.92 Å². The Balaban J connectivity index is 1.34. The first-order chi connectivity index (χ1) is 12.3. The number of rotatable bonds is 5. The molecule has 0 unspecified atom stereocenters. The molecule has 0 radical (unpaired) electrons. The van der Waals surface area contributed by atoms with Gasteiger partial charge in [0.15, 0.2) is 0 Å². The first kappa shape index (κ1) is 15.8. The van der Waals surface area contributed by atoms with Crippen molar-refractivity contribution in [2.45, 2.75) is 32.2 Å². The van der Waals surface area contributed by atoms with Gasteiger partial charge in [-0.25, -0.2) is 9.97 Å². The highest BCUT2D eigenvalue weighted by atomic mass is 16.2. The van der Waals surface area contributed by atoms with E-state index in [9.17, 15) is 4.79 Å². The second-order valence-electron chi connectivity index (χ2n) is 6.66. The normalized spacial score (nSPS) is 17.9. The topological polar surface area (TPSA) is 79.7 Å². The molecule has 1 aromatic carbocycles. The van der Waals surface area contributed by atoms with E-state index in [1.54, 1.807) is 11.0 Å². The van der Waals surface area contributed by atoms with Gasteiger partial charge >= 0.3 is 0 Å². The maximum absolute atomic E-state index is 12.5. The van der Waals surface area contributed by atoms with Crippen molar-refractivity contribution in [3.63, 3.8) is 0 Å². The van der Waals surface area contributed by atoms with E-state index >= 15 is 0 Å². The van der Waals surface area contributed by atoms with Crippen LogP contribution in [0.25, 0.3) is 11.0 Å². The molecule has 1 saturated heterocycles. The molecule has 2 aromatic heterocycles. The van der Waals surface area contributed by atoms with E-state index in [-0.39, 0.29) is 5.91 Å². The van der Waals surface area contributed by atoms with E-state index in [1.165, 1.54) is 6.33 Å². The Hall–Kier alpha value is -2.70. The van der Waals surface area contributed by atoms with Crippen molar-refractivity contribution in [3.05, 3.63) is 42.7 Å². The molecule has 4 rings (SSSR count). The fourth-order valence-corrected chi connectivity index (χ4v) is 3.55. The zero-order valence-electron chi connectivity index (χ0n) is 14.1. The highest BCUT2D eigenvalue weighted by molar-refractivity contribution is 5.76. The van der Waals surface area contributed by atoms with Crippen molar-refractivity contribution in [3.8, 4) is 0 Å². The minimum Gasteiger partial charge on any atom is -0.342 e. The monoisotopic (exact) mass is 338 g/mol. The average molecular weight is 338 g/mol. The number of H-pyrrole nitrogens is 1. The molecule has 1 N–H and O–H groups in total. The van der Waals surface area contributed by atoms with Gasteiger partial charge in [0.2, 0.25) is 5.91 Å². The van der Waals surface area contributed by atoms with Gasteiger partial charge < -0.3 is 9.88 Å². The summed E-state index contributed by atoms with van der Waals surface area (Å²) < 4.78 is 1.70.